The lowest BCUT2D eigenvalue weighted by Crippen LogP contribution is -2.20. The van der Waals surface area contributed by atoms with Crippen LogP contribution >= 0.6 is 0 Å². The fraction of sp³-hybridized carbons (Fsp3) is 0.667. The normalized spacial score (nSPS) is 15.6. The largest absolute Gasteiger partial charge is 0.497 e. The molecule has 0 bridgehead atoms. The van der Waals surface area contributed by atoms with E-state index in [1.54, 1.807) is 7.11 Å². The molecular weight excluding hydrogens is 262 g/mol. The SMILES string of the molecule is COc1ccc(OCC2CCCC2)c(CNCC(C)C)c1. The Bertz CT molecular complexity index is 425. The van der Waals surface area contributed by atoms with Crippen molar-refractivity contribution in [1.82, 2.24) is 5.32 Å². The van der Waals surface area contributed by atoms with Gasteiger partial charge in [0.2, 0.25) is 0 Å². The molecule has 0 saturated heterocycles. The number of nitrogens with one attached hydrogen (secondary N) is 1. The van der Waals surface area contributed by atoms with E-state index in [1.807, 2.05) is 12.1 Å². The third kappa shape index (κ3) is 5.24. The maximum absolute atomic E-state index is 6.08. The van der Waals surface area contributed by atoms with Gasteiger partial charge < -0.3 is 14.8 Å². The van der Waals surface area contributed by atoms with E-state index >= 15 is 0 Å². The van der Waals surface area contributed by atoms with Crippen molar-refractivity contribution >= 4 is 0 Å². The molecule has 21 heavy (non-hydrogen) atoms. The van der Waals surface area contributed by atoms with E-state index in [1.165, 1.54) is 31.2 Å². The minimum absolute atomic E-state index is 0.651. The van der Waals surface area contributed by atoms with Crippen LogP contribution in [0.1, 0.15) is 45.1 Å². The highest BCUT2D eigenvalue weighted by Crippen LogP contribution is 2.28. The summed E-state index contributed by atoms with van der Waals surface area (Å²) in [5.74, 6) is 3.28. The van der Waals surface area contributed by atoms with E-state index in [0.717, 1.165) is 37.1 Å². The van der Waals surface area contributed by atoms with Crippen LogP contribution in [0.3, 0.4) is 0 Å². The molecule has 0 aliphatic heterocycles. The van der Waals surface area contributed by atoms with Crippen molar-refractivity contribution < 1.29 is 9.47 Å². The molecule has 1 fully saturated rings. The van der Waals surface area contributed by atoms with E-state index in [-0.39, 0.29) is 0 Å². The highest BCUT2D eigenvalue weighted by molar-refractivity contribution is 5.40. The van der Waals surface area contributed by atoms with Gasteiger partial charge in [0.25, 0.3) is 0 Å². The predicted octanol–water partition coefficient (Wildman–Crippen LogP) is 4.01. The first-order valence-electron chi connectivity index (χ1n) is 8.19. The second-order valence-corrected chi connectivity index (χ2v) is 6.46. The highest BCUT2D eigenvalue weighted by Gasteiger charge is 2.16. The summed E-state index contributed by atoms with van der Waals surface area (Å²) >= 11 is 0. The summed E-state index contributed by atoms with van der Waals surface area (Å²) in [6.45, 7) is 7.13. The fourth-order valence-corrected chi connectivity index (χ4v) is 2.84. The lowest BCUT2D eigenvalue weighted by molar-refractivity contribution is 0.249. The third-order valence-electron chi connectivity index (χ3n) is 4.08. The standard InChI is InChI=1S/C18H29NO2/c1-14(2)11-19-12-16-10-17(20-3)8-9-18(16)21-13-15-6-4-5-7-15/h8-10,14-15,19H,4-7,11-13H2,1-3H3. The summed E-state index contributed by atoms with van der Waals surface area (Å²) in [5, 5.41) is 3.49. The second kappa shape index (κ2) is 8.28. The van der Waals surface area contributed by atoms with Crippen molar-refractivity contribution in [2.24, 2.45) is 11.8 Å². The summed E-state index contributed by atoms with van der Waals surface area (Å²) in [5.41, 5.74) is 1.19. The second-order valence-electron chi connectivity index (χ2n) is 6.46. The zero-order chi connectivity index (χ0) is 15.1. The predicted molar refractivity (Wildman–Crippen MR) is 87.0 cm³/mol. The third-order valence-corrected chi connectivity index (χ3v) is 4.08. The molecule has 0 amide bonds. The Labute approximate surface area is 129 Å². The number of rotatable bonds is 8. The Balaban J connectivity index is 1.96. The molecule has 0 spiro atoms. The molecule has 0 atom stereocenters. The maximum atomic E-state index is 6.08. The zero-order valence-electron chi connectivity index (χ0n) is 13.7. The molecular formula is C18H29NO2. The molecule has 0 radical (unpaired) electrons. The topological polar surface area (TPSA) is 30.5 Å². The van der Waals surface area contributed by atoms with Crippen LogP contribution < -0.4 is 14.8 Å². The van der Waals surface area contributed by atoms with Gasteiger partial charge in [0.15, 0.2) is 0 Å². The molecule has 1 aromatic rings. The summed E-state index contributed by atoms with van der Waals surface area (Å²) in [6, 6.07) is 6.10. The van der Waals surface area contributed by atoms with Crippen LogP contribution in [0.25, 0.3) is 0 Å². The van der Waals surface area contributed by atoms with Crippen molar-refractivity contribution in [3.8, 4) is 11.5 Å². The lowest BCUT2D eigenvalue weighted by atomic mass is 10.1. The van der Waals surface area contributed by atoms with Crippen molar-refractivity contribution in [2.45, 2.75) is 46.1 Å². The molecule has 1 saturated carbocycles. The molecule has 0 aromatic heterocycles. The average Bonchev–Trinajstić information content (AvgIpc) is 2.98. The summed E-state index contributed by atoms with van der Waals surface area (Å²) in [7, 11) is 1.71. The van der Waals surface area contributed by atoms with Gasteiger partial charge in [0.1, 0.15) is 11.5 Å². The molecule has 1 aromatic carbocycles. The van der Waals surface area contributed by atoms with E-state index in [2.05, 4.69) is 25.2 Å². The van der Waals surface area contributed by atoms with Crippen LogP contribution in [0.2, 0.25) is 0 Å². The van der Waals surface area contributed by atoms with Crippen molar-refractivity contribution in [3.05, 3.63) is 23.8 Å². The van der Waals surface area contributed by atoms with Gasteiger partial charge in [0, 0.05) is 12.1 Å². The molecule has 3 heteroatoms. The number of benzene rings is 1. The van der Waals surface area contributed by atoms with Gasteiger partial charge >= 0.3 is 0 Å². The lowest BCUT2D eigenvalue weighted by Gasteiger charge is -2.16. The van der Waals surface area contributed by atoms with Crippen molar-refractivity contribution in [3.63, 3.8) is 0 Å². The van der Waals surface area contributed by atoms with Crippen molar-refractivity contribution in [1.29, 1.82) is 0 Å². The molecule has 118 valence electrons. The van der Waals surface area contributed by atoms with Crippen LogP contribution in [-0.2, 0) is 6.54 Å². The average molecular weight is 291 g/mol. The molecule has 0 unspecified atom stereocenters. The van der Waals surface area contributed by atoms with Gasteiger partial charge in [-0.25, -0.2) is 0 Å². The summed E-state index contributed by atoms with van der Waals surface area (Å²) in [6.07, 6.45) is 5.35. The quantitative estimate of drug-likeness (QED) is 0.785. The smallest absolute Gasteiger partial charge is 0.124 e. The summed E-state index contributed by atoms with van der Waals surface area (Å²) < 4.78 is 11.4. The molecule has 0 heterocycles. The van der Waals surface area contributed by atoms with Gasteiger partial charge in [-0.1, -0.05) is 26.7 Å². The first kappa shape index (κ1) is 16.2. The van der Waals surface area contributed by atoms with E-state index in [4.69, 9.17) is 9.47 Å². The van der Waals surface area contributed by atoms with Crippen LogP contribution in [0.15, 0.2) is 18.2 Å². The van der Waals surface area contributed by atoms with Gasteiger partial charge in [-0.15, -0.1) is 0 Å². The van der Waals surface area contributed by atoms with Gasteiger partial charge in [-0.2, -0.15) is 0 Å². The number of methoxy groups -OCH3 is 1. The first-order chi connectivity index (χ1) is 10.2. The zero-order valence-corrected chi connectivity index (χ0v) is 13.7. The van der Waals surface area contributed by atoms with Crippen LogP contribution in [0.5, 0.6) is 11.5 Å². The van der Waals surface area contributed by atoms with Crippen LogP contribution in [0, 0.1) is 11.8 Å². The van der Waals surface area contributed by atoms with Gasteiger partial charge in [-0.05, 0) is 49.4 Å². The minimum atomic E-state index is 0.651. The van der Waals surface area contributed by atoms with E-state index in [0.29, 0.717) is 5.92 Å². The fourth-order valence-electron chi connectivity index (χ4n) is 2.84. The maximum Gasteiger partial charge on any atom is 0.124 e. The molecule has 3 nitrogen and oxygen atoms in total. The Morgan fingerprint density at radius 2 is 2.00 bits per heavy atom. The number of hydrogen-bond acceptors (Lipinski definition) is 3. The Hall–Kier alpha value is -1.22. The molecule has 1 aliphatic rings. The minimum Gasteiger partial charge on any atom is -0.497 e. The summed E-state index contributed by atoms with van der Waals surface area (Å²) in [4.78, 5) is 0. The molecule has 2 rings (SSSR count). The number of ether oxygens (including phenoxy) is 2. The Morgan fingerprint density at radius 1 is 1.24 bits per heavy atom. The Kier molecular flexibility index (Phi) is 6.37. The highest BCUT2D eigenvalue weighted by atomic mass is 16.5. The molecule has 1 aliphatic carbocycles. The first-order valence-corrected chi connectivity index (χ1v) is 8.19. The van der Waals surface area contributed by atoms with Crippen LogP contribution in [0.4, 0.5) is 0 Å². The van der Waals surface area contributed by atoms with Gasteiger partial charge in [-0.3, -0.25) is 0 Å². The van der Waals surface area contributed by atoms with E-state index in [9.17, 15) is 0 Å². The van der Waals surface area contributed by atoms with Crippen LogP contribution in [-0.4, -0.2) is 20.3 Å². The van der Waals surface area contributed by atoms with Gasteiger partial charge in [0.05, 0.1) is 13.7 Å². The molecule has 1 N–H and O–H groups in total. The van der Waals surface area contributed by atoms with Crippen molar-refractivity contribution in [2.75, 3.05) is 20.3 Å². The Morgan fingerprint density at radius 3 is 2.67 bits per heavy atom. The number of hydrogen-bond donors (Lipinski definition) is 1. The monoisotopic (exact) mass is 291 g/mol. The van der Waals surface area contributed by atoms with E-state index < -0.39 is 0 Å².